The van der Waals surface area contributed by atoms with Gasteiger partial charge in [0, 0.05) is 17.2 Å². The Labute approximate surface area is 164 Å². The second-order valence-corrected chi connectivity index (χ2v) is 8.82. The lowest BCUT2D eigenvalue weighted by Crippen LogP contribution is -2.16. The number of benzene rings is 1. The van der Waals surface area contributed by atoms with Gasteiger partial charge in [-0.15, -0.1) is 63.1 Å². The summed E-state index contributed by atoms with van der Waals surface area (Å²) in [4.78, 5) is 5.37. The number of hydrogen-bond donors (Lipinski definition) is 5. The maximum Gasteiger partial charge on any atom is 0.242 e. The molecule has 0 unspecified atom stereocenters. The Hall–Kier alpha value is -2.05. The molecule has 3 aromatic rings. The third-order valence-electron chi connectivity index (χ3n) is 3.69. The van der Waals surface area contributed by atoms with E-state index < -0.39 is 3.54 Å². The number of aromatic nitrogens is 7. The van der Waals surface area contributed by atoms with Gasteiger partial charge in [0.05, 0.1) is 6.20 Å². The number of thiol groups is 3. The molecular formula is C14H14N8OS3. The van der Waals surface area contributed by atoms with Gasteiger partial charge < -0.3 is 10.4 Å². The highest BCUT2D eigenvalue weighted by Gasteiger charge is 2.23. The molecule has 0 spiro atoms. The molecule has 1 aliphatic carbocycles. The number of phenols is 1. The molecule has 134 valence electrons. The summed E-state index contributed by atoms with van der Waals surface area (Å²) >= 11 is 12.4. The molecule has 2 aromatic heterocycles. The summed E-state index contributed by atoms with van der Waals surface area (Å²) in [5.74, 6) is 0.801. The average Bonchev–Trinajstić information content (AvgIpc) is 3.25. The number of rotatable bonds is 5. The van der Waals surface area contributed by atoms with E-state index in [4.69, 9.17) is 0 Å². The highest BCUT2D eigenvalue weighted by molar-refractivity contribution is 8.15. The van der Waals surface area contributed by atoms with Gasteiger partial charge in [-0.1, -0.05) is 6.07 Å². The zero-order valence-electron chi connectivity index (χ0n) is 13.2. The van der Waals surface area contributed by atoms with Crippen molar-refractivity contribution >= 4 is 43.8 Å². The van der Waals surface area contributed by atoms with Crippen molar-refractivity contribution in [1.82, 2.24) is 35.4 Å². The molecule has 2 N–H and O–H groups in total. The molecule has 0 bridgehead atoms. The van der Waals surface area contributed by atoms with Crippen LogP contribution >= 0.6 is 37.9 Å². The highest BCUT2D eigenvalue weighted by atomic mass is 32.2. The molecule has 2 heterocycles. The summed E-state index contributed by atoms with van der Waals surface area (Å²) in [6, 6.07) is 5.40. The molecule has 4 rings (SSSR count). The molecule has 1 saturated carbocycles. The van der Waals surface area contributed by atoms with Gasteiger partial charge in [-0.3, -0.25) is 0 Å². The van der Waals surface area contributed by atoms with E-state index >= 15 is 0 Å². The van der Waals surface area contributed by atoms with Gasteiger partial charge >= 0.3 is 0 Å². The Kier molecular flexibility index (Phi) is 4.40. The quantitative estimate of drug-likeness (QED) is 0.322. The summed E-state index contributed by atoms with van der Waals surface area (Å²) in [5.41, 5.74) is 1.54. The largest absolute Gasteiger partial charge is 0.507 e. The predicted octanol–water partition coefficient (Wildman–Crippen LogP) is 1.83. The lowest BCUT2D eigenvalue weighted by atomic mass is 10.1. The van der Waals surface area contributed by atoms with Gasteiger partial charge in [0.25, 0.3) is 0 Å². The molecule has 0 amide bonds. The van der Waals surface area contributed by atoms with Crippen LogP contribution in [0.25, 0.3) is 22.6 Å². The fraction of sp³-hybridized carbons (Fsp3) is 0.286. The second kappa shape index (κ2) is 6.59. The van der Waals surface area contributed by atoms with Gasteiger partial charge in [-0.05, 0) is 30.2 Å². The maximum absolute atomic E-state index is 10.4. The molecule has 0 saturated heterocycles. The molecule has 9 nitrogen and oxygen atoms in total. The van der Waals surface area contributed by atoms with E-state index in [1.807, 2.05) is 0 Å². The zero-order valence-corrected chi connectivity index (χ0v) is 15.9. The predicted molar refractivity (Wildman–Crippen MR) is 105 cm³/mol. The Morgan fingerprint density at radius 2 is 1.96 bits per heavy atom. The van der Waals surface area contributed by atoms with Crippen LogP contribution in [0.1, 0.15) is 12.8 Å². The summed E-state index contributed by atoms with van der Waals surface area (Å²) in [6.45, 7) is 0. The van der Waals surface area contributed by atoms with Crippen molar-refractivity contribution in [1.29, 1.82) is 0 Å². The minimum absolute atomic E-state index is 0.00624. The number of anilines is 1. The minimum atomic E-state index is -1.18. The molecule has 0 atom stereocenters. The van der Waals surface area contributed by atoms with E-state index in [0.717, 1.165) is 17.6 Å². The lowest BCUT2D eigenvalue weighted by Gasteiger charge is -2.11. The molecule has 0 radical (unpaired) electrons. The van der Waals surface area contributed by atoms with E-state index in [-0.39, 0.29) is 5.75 Å². The number of aromatic hydroxyl groups is 1. The van der Waals surface area contributed by atoms with Crippen LogP contribution in [0.4, 0.5) is 5.95 Å². The van der Waals surface area contributed by atoms with E-state index in [1.54, 1.807) is 18.3 Å². The number of phenolic OH excluding ortho intramolecular Hbond substituents is 1. The Bertz CT molecular complexity index is 936. The van der Waals surface area contributed by atoms with Crippen molar-refractivity contribution in [2.45, 2.75) is 22.4 Å². The van der Waals surface area contributed by atoms with E-state index in [9.17, 15) is 5.11 Å². The third-order valence-corrected chi connectivity index (χ3v) is 4.22. The van der Waals surface area contributed by atoms with Crippen molar-refractivity contribution in [2.75, 3.05) is 5.32 Å². The van der Waals surface area contributed by atoms with Crippen LogP contribution in [-0.2, 0) is 3.54 Å². The molecule has 1 aromatic carbocycles. The van der Waals surface area contributed by atoms with Crippen LogP contribution in [0.2, 0.25) is 0 Å². The normalized spacial score (nSPS) is 14.4. The maximum atomic E-state index is 10.4. The van der Waals surface area contributed by atoms with Crippen molar-refractivity contribution < 1.29 is 5.11 Å². The summed E-state index contributed by atoms with van der Waals surface area (Å²) in [7, 11) is 0. The Morgan fingerprint density at radius 3 is 2.54 bits per heavy atom. The number of nitrogens with zero attached hydrogens (tertiary/aromatic N) is 7. The fourth-order valence-electron chi connectivity index (χ4n) is 2.22. The van der Waals surface area contributed by atoms with Crippen LogP contribution in [-0.4, -0.2) is 46.5 Å². The topological polar surface area (TPSA) is 115 Å². The fourth-order valence-corrected chi connectivity index (χ4v) is 2.47. The van der Waals surface area contributed by atoms with Gasteiger partial charge in [0.15, 0.2) is 0 Å². The molecule has 26 heavy (non-hydrogen) atoms. The number of hydrogen-bond acceptors (Lipinski definition) is 11. The van der Waals surface area contributed by atoms with Crippen LogP contribution in [0.5, 0.6) is 5.75 Å². The van der Waals surface area contributed by atoms with Gasteiger partial charge in [0.2, 0.25) is 15.3 Å². The first-order valence-electron chi connectivity index (χ1n) is 7.68. The van der Waals surface area contributed by atoms with E-state index in [0.29, 0.717) is 34.6 Å². The number of nitrogens with one attached hydrogen (secondary N) is 1. The van der Waals surface area contributed by atoms with Crippen molar-refractivity contribution in [3.63, 3.8) is 0 Å². The Balaban J connectivity index is 1.58. The second-order valence-electron chi connectivity index (χ2n) is 5.82. The lowest BCUT2D eigenvalue weighted by molar-refractivity contribution is 0.477. The molecule has 0 aliphatic heterocycles. The molecule has 1 aliphatic rings. The van der Waals surface area contributed by atoms with Crippen molar-refractivity contribution in [3.05, 3.63) is 24.4 Å². The summed E-state index contributed by atoms with van der Waals surface area (Å²) in [5, 5.41) is 33.6. The summed E-state index contributed by atoms with van der Waals surface area (Å²) in [6.07, 6.45) is 3.82. The molecule has 12 heteroatoms. The van der Waals surface area contributed by atoms with E-state index in [1.165, 1.54) is 6.07 Å². The van der Waals surface area contributed by atoms with Crippen LogP contribution < -0.4 is 5.32 Å². The van der Waals surface area contributed by atoms with Crippen LogP contribution in [0.15, 0.2) is 24.4 Å². The first-order chi connectivity index (χ1) is 12.4. The van der Waals surface area contributed by atoms with Gasteiger partial charge in [-0.25, -0.2) is 4.98 Å². The van der Waals surface area contributed by atoms with Gasteiger partial charge in [-0.2, -0.15) is 0 Å². The third kappa shape index (κ3) is 3.71. The van der Waals surface area contributed by atoms with Gasteiger partial charge in [0.1, 0.15) is 11.4 Å². The average molecular weight is 407 g/mol. The first kappa shape index (κ1) is 17.4. The SMILES string of the molecule is Oc1cc(-c2nnn(C(S)(S)S)n2)ccc1-c1cnc(NC2CC2)nn1. The minimum Gasteiger partial charge on any atom is -0.507 e. The first-order valence-corrected chi connectivity index (χ1v) is 9.02. The van der Waals surface area contributed by atoms with Crippen molar-refractivity contribution in [2.24, 2.45) is 0 Å². The van der Waals surface area contributed by atoms with Crippen LogP contribution in [0, 0.1) is 0 Å². The standard InChI is InChI=1S/C14H14N8OS3/c23-11-5-7(12-18-21-22(20-12)14(24,25)26)1-4-9(11)10-6-15-13(19-17-10)16-8-2-3-8/h1,4-6,8,23-26H,2-3H2,(H,15,16,19). The van der Waals surface area contributed by atoms with Crippen molar-refractivity contribution in [3.8, 4) is 28.4 Å². The monoisotopic (exact) mass is 406 g/mol. The highest BCUT2D eigenvalue weighted by Crippen LogP contribution is 2.32. The Morgan fingerprint density at radius 1 is 1.15 bits per heavy atom. The smallest absolute Gasteiger partial charge is 0.242 e. The molecule has 1 fully saturated rings. The van der Waals surface area contributed by atoms with E-state index in [2.05, 4.69) is 73.8 Å². The van der Waals surface area contributed by atoms with Crippen LogP contribution in [0.3, 0.4) is 0 Å². The zero-order chi connectivity index (χ0) is 18.3. The molecular weight excluding hydrogens is 392 g/mol. The number of tetrazole rings is 1. The summed E-state index contributed by atoms with van der Waals surface area (Å²) < 4.78 is -1.18.